The molecule has 2 amide bonds. The SMILES string of the molecule is C=C1CCC(=O)N(CCS(=O)(=O)NSC(F)(F)C(F)(F)C(F)(F)S(=O)(=O)NS(=O)(=O)C(F)(F)F)C1=O. The number of carbonyl (C=O) groups excluding carboxylic acids is 2. The molecule has 0 spiro atoms. The summed E-state index contributed by atoms with van der Waals surface area (Å²) in [5.74, 6) is -10.6. The number of nitrogens with one attached hydrogen (secondary N) is 2. The molecule has 0 aromatic rings. The van der Waals surface area contributed by atoms with Crippen LogP contribution in [0.1, 0.15) is 12.8 Å². The number of piperidine rings is 1. The van der Waals surface area contributed by atoms with Gasteiger partial charge in [-0.2, -0.15) is 43.6 Å². The topological polar surface area (TPSA) is 164 Å². The molecule has 0 bridgehead atoms. The van der Waals surface area contributed by atoms with Crippen LogP contribution in [0.3, 0.4) is 0 Å². The quantitative estimate of drug-likeness (QED) is 0.147. The molecule has 2 N–H and O–H groups in total. The molecule has 24 heteroatoms. The number of rotatable bonds is 11. The van der Waals surface area contributed by atoms with Gasteiger partial charge in [-0.15, -0.1) is 0 Å². The van der Waals surface area contributed by atoms with Gasteiger partial charge in [0.1, 0.15) is 0 Å². The Morgan fingerprint density at radius 3 is 1.83 bits per heavy atom. The van der Waals surface area contributed by atoms with Gasteiger partial charge in [0, 0.05) is 30.5 Å². The summed E-state index contributed by atoms with van der Waals surface area (Å²) in [5, 5.41) is -13.7. The van der Waals surface area contributed by atoms with E-state index >= 15 is 0 Å². The van der Waals surface area contributed by atoms with Crippen molar-refractivity contribution in [2.45, 2.75) is 34.8 Å². The number of amides is 2. The number of imide groups is 1. The van der Waals surface area contributed by atoms with E-state index in [1.165, 1.54) is 0 Å². The summed E-state index contributed by atoms with van der Waals surface area (Å²) in [6.45, 7) is 2.25. The van der Waals surface area contributed by atoms with Gasteiger partial charge in [-0.05, 0) is 6.42 Å². The van der Waals surface area contributed by atoms with Crippen molar-refractivity contribution in [2.24, 2.45) is 0 Å². The Kier molecular flexibility index (Phi) is 8.93. The minimum atomic E-state index is -7.74. The maximum absolute atomic E-state index is 13.8. The number of likely N-dealkylation sites (tertiary alicyclic amines) is 1. The molecule has 0 saturated carbocycles. The minimum absolute atomic E-state index is 0.0768. The van der Waals surface area contributed by atoms with Crippen LogP contribution in [-0.2, 0) is 39.7 Å². The van der Waals surface area contributed by atoms with Gasteiger partial charge in [-0.3, -0.25) is 14.5 Å². The summed E-state index contributed by atoms with van der Waals surface area (Å²) in [4.78, 5) is 23.7. The van der Waals surface area contributed by atoms with Gasteiger partial charge in [-0.1, -0.05) is 10.7 Å². The van der Waals surface area contributed by atoms with E-state index in [1.54, 1.807) is 0 Å². The number of sulfonamides is 3. The lowest BCUT2D eigenvalue weighted by atomic mass is 10.1. The predicted octanol–water partition coefficient (Wildman–Crippen LogP) is 0.849. The summed E-state index contributed by atoms with van der Waals surface area (Å²) >= 11 is -2.02. The highest BCUT2D eigenvalue weighted by Crippen LogP contribution is 2.52. The highest BCUT2D eigenvalue weighted by atomic mass is 32.3. The Labute approximate surface area is 200 Å². The fourth-order valence-electron chi connectivity index (χ4n) is 2.05. The zero-order valence-corrected chi connectivity index (χ0v) is 20.0. The van der Waals surface area contributed by atoms with E-state index in [-0.39, 0.29) is 18.4 Å². The molecule has 1 aliphatic heterocycles. The molecule has 36 heavy (non-hydrogen) atoms. The first-order valence-electron chi connectivity index (χ1n) is 8.40. The van der Waals surface area contributed by atoms with E-state index in [2.05, 4.69) is 6.58 Å². The first kappa shape index (κ1) is 32.4. The third-order valence-electron chi connectivity index (χ3n) is 3.96. The summed E-state index contributed by atoms with van der Waals surface area (Å²) in [7, 11) is -20.2. The van der Waals surface area contributed by atoms with Crippen molar-refractivity contribution < 1.29 is 74.4 Å². The van der Waals surface area contributed by atoms with E-state index in [0.717, 1.165) is 0 Å². The normalized spacial score (nSPS) is 17.6. The molecule has 1 aliphatic rings. The van der Waals surface area contributed by atoms with E-state index in [0.29, 0.717) is 9.03 Å². The van der Waals surface area contributed by atoms with E-state index in [1.807, 2.05) is 0 Å². The van der Waals surface area contributed by atoms with Crippen molar-refractivity contribution in [2.75, 3.05) is 12.3 Å². The van der Waals surface area contributed by atoms with Crippen LogP contribution in [0.2, 0.25) is 0 Å². The van der Waals surface area contributed by atoms with Crippen molar-refractivity contribution in [3.05, 3.63) is 12.2 Å². The Morgan fingerprint density at radius 1 is 0.861 bits per heavy atom. The van der Waals surface area contributed by atoms with Crippen LogP contribution >= 0.6 is 11.9 Å². The zero-order valence-electron chi connectivity index (χ0n) is 16.8. The van der Waals surface area contributed by atoms with Crippen LogP contribution in [0.5, 0.6) is 0 Å². The fourth-order valence-corrected chi connectivity index (χ4v) is 6.47. The number of hydrogen-bond acceptors (Lipinski definition) is 9. The first-order chi connectivity index (χ1) is 15.7. The van der Waals surface area contributed by atoms with Crippen LogP contribution in [-0.4, -0.2) is 76.2 Å². The minimum Gasteiger partial charge on any atom is -0.278 e. The molecule has 1 fully saturated rings. The molecular weight excluding hydrogens is 613 g/mol. The number of alkyl halides is 9. The fraction of sp³-hybridized carbons (Fsp3) is 0.667. The van der Waals surface area contributed by atoms with Crippen LogP contribution in [0, 0.1) is 0 Å². The van der Waals surface area contributed by atoms with Crippen molar-refractivity contribution in [1.82, 2.24) is 13.2 Å². The van der Waals surface area contributed by atoms with Crippen LogP contribution in [0.25, 0.3) is 0 Å². The standard InChI is InChI=1S/C12H12F9N3O8S4/c1-6-2-3-7(25)24(8(6)26)4-5-34(27,28)22-33-10(15,16)9(13,14)11(17,18)35(29,30)23-36(31,32)12(19,20)21/h22-23H,1-5H2. The maximum atomic E-state index is 13.8. The summed E-state index contributed by atoms with van der Waals surface area (Å²) in [6.07, 6.45) is -0.370. The van der Waals surface area contributed by atoms with E-state index in [9.17, 15) is 74.4 Å². The lowest BCUT2D eigenvalue weighted by Gasteiger charge is -2.31. The highest BCUT2D eigenvalue weighted by Gasteiger charge is 2.79. The smallest absolute Gasteiger partial charge is 0.278 e. The van der Waals surface area contributed by atoms with Gasteiger partial charge < -0.3 is 0 Å². The van der Waals surface area contributed by atoms with Gasteiger partial charge in [0.2, 0.25) is 15.9 Å². The van der Waals surface area contributed by atoms with Crippen molar-refractivity contribution in [1.29, 1.82) is 0 Å². The number of halogens is 9. The lowest BCUT2D eigenvalue weighted by molar-refractivity contribution is -0.240. The molecule has 0 aromatic carbocycles. The molecule has 1 rings (SSSR count). The van der Waals surface area contributed by atoms with E-state index in [4.69, 9.17) is 0 Å². The molecule has 11 nitrogen and oxygen atoms in total. The van der Waals surface area contributed by atoms with Crippen LogP contribution in [0.15, 0.2) is 12.2 Å². The Bertz CT molecular complexity index is 1250. The molecule has 1 saturated heterocycles. The molecule has 0 radical (unpaired) electrons. The van der Waals surface area contributed by atoms with Crippen molar-refractivity contribution >= 4 is 53.8 Å². The van der Waals surface area contributed by atoms with Gasteiger partial charge in [0.25, 0.3) is 15.9 Å². The monoisotopic (exact) mass is 625 g/mol. The predicted molar refractivity (Wildman–Crippen MR) is 101 cm³/mol. The Balaban J connectivity index is 3.07. The third-order valence-corrected chi connectivity index (χ3v) is 9.84. The van der Waals surface area contributed by atoms with Gasteiger partial charge in [0.05, 0.1) is 5.75 Å². The Morgan fingerprint density at radius 2 is 1.36 bits per heavy atom. The lowest BCUT2D eigenvalue weighted by Crippen LogP contribution is -2.61. The largest absolute Gasteiger partial charge is 0.512 e. The van der Waals surface area contributed by atoms with Crippen LogP contribution in [0.4, 0.5) is 39.5 Å². The average Bonchev–Trinajstić information content (AvgIpc) is 2.67. The number of carbonyl (C=O) groups is 2. The molecule has 210 valence electrons. The molecule has 0 aliphatic carbocycles. The molecule has 1 heterocycles. The first-order valence-corrected chi connectivity index (χ1v) is 13.8. The van der Waals surface area contributed by atoms with E-state index < -0.39 is 92.2 Å². The second-order valence-corrected chi connectivity index (χ2v) is 13.3. The van der Waals surface area contributed by atoms with Gasteiger partial charge >= 0.3 is 32.0 Å². The third kappa shape index (κ3) is 6.43. The second-order valence-electron chi connectivity index (χ2n) is 6.60. The van der Waals surface area contributed by atoms with Crippen molar-refractivity contribution in [3.63, 3.8) is 0 Å². The molecular formula is C12H12F9N3O8S4. The highest BCUT2D eigenvalue weighted by molar-refractivity contribution is 8.10. The zero-order chi connectivity index (χ0) is 28.8. The number of nitrogens with zero attached hydrogens (tertiary/aromatic N) is 1. The summed E-state index contributed by atoms with van der Waals surface area (Å²) in [6, 6.07) is 0. The molecule has 0 aromatic heterocycles. The Hall–Kier alpha value is -1.63. The molecule has 0 unspecified atom stereocenters. The summed E-state index contributed by atoms with van der Waals surface area (Å²) < 4.78 is 186. The summed E-state index contributed by atoms with van der Waals surface area (Å²) in [5.41, 5.74) is -6.77. The van der Waals surface area contributed by atoms with Gasteiger partial charge in [0.15, 0.2) is 0 Å². The molecule has 0 atom stereocenters. The van der Waals surface area contributed by atoms with Gasteiger partial charge in [-0.25, -0.2) is 25.3 Å². The maximum Gasteiger partial charge on any atom is 0.512 e. The van der Waals surface area contributed by atoms with Crippen molar-refractivity contribution in [3.8, 4) is 0 Å². The second kappa shape index (κ2) is 9.92. The van der Waals surface area contributed by atoms with Crippen LogP contribution < -0.4 is 8.25 Å². The number of hydrogen-bond donors (Lipinski definition) is 2. The average molecular weight is 625 g/mol.